The van der Waals surface area contributed by atoms with E-state index in [-0.39, 0.29) is 11.8 Å². The fraction of sp³-hybridized carbons (Fsp3) is 0.160. The van der Waals surface area contributed by atoms with Gasteiger partial charge in [-0.15, -0.1) is 0 Å². The highest BCUT2D eigenvalue weighted by molar-refractivity contribution is 6.25. The van der Waals surface area contributed by atoms with Crippen LogP contribution in [0.1, 0.15) is 18.9 Å². The molecule has 0 aliphatic carbocycles. The Morgan fingerprint density at radius 3 is 2.06 bits per heavy atom. The quantitative estimate of drug-likeness (QED) is 0.577. The Bertz CT molecular complexity index is 1080. The molecule has 3 aromatic rings. The summed E-state index contributed by atoms with van der Waals surface area (Å²) in [5, 5.41) is 12.2. The van der Waals surface area contributed by atoms with Gasteiger partial charge in [0.25, 0.3) is 5.91 Å². The van der Waals surface area contributed by atoms with Gasteiger partial charge in [-0.05, 0) is 42.7 Å². The van der Waals surface area contributed by atoms with Crippen LogP contribution >= 0.6 is 0 Å². The second-order valence-electron chi connectivity index (χ2n) is 7.41. The third-order valence-electron chi connectivity index (χ3n) is 5.13. The average molecular weight is 412 g/mol. The molecule has 1 aliphatic heterocycles. The number of hydrogen-bond acceptors (Lipinski definition) is 4. The number of rotatable bonds is 7. The first-order chi connectivity index (χ1) is 15.1. The molecule has 1 atom stereocenters. The van der Waals surface area contributed by atoms with Crippen molar-refractivity contribution < 1.29 is 9.59 Å². The van der Waals surface area contributed by atoms with Crippen LogP contribution in [-0.4, -0.2) is 23.2 Å². The van der Waals surface area contributed by atoms with Crippen LogP contribution in [0.15, 0.2) is 96.1 Å². The molecular formula is C25H24N4O2. The lowest BCUT2D eigenvalue weighted by molar-refractivity contribution is -0.127. The highest BCUT2D eigenvalue weighted by atomic mass is 16.2. The van der Waals surface area contributed by atoms with Crippen molar-refractivity contribution in [2.24, 2.45) is 5.10 Å². The van der Waals surface area contributed by atoms with Crippen LogP contribution in [0.4, 0.5) is 11.4 Å². The molecule has 4 rings (SSSR count). The van der Waals surface area contributed by atoms with E-state index in [1.165, 1.54) is 11.9 Å². The number of aryl methyl sites for hydroxylation is 1. The summed E-state index contributed by atoms with van der Waals surface area (Å²) in [5.41, 5.74) is 1.59. The minimum absolute atomic E-state index is 0.320. The first kappa shape index (κ1) is 20.3. The number of benzene rings is 3. The van der Waals surface area contributed by atoms with Crippen LogP contribution in [0, 0.1) is 0 Å². The largest absolute Gasteiger partial charge is 0.350 e. The molecule has 31 heavy (non-hydrogen) atoms. The SMILES string of the molecule is CC(=O)NC1(Nc2ccccc2)C(=O)N(c2ccccc2)N=C1CCc1ccccc1. The minimum Gasteiger partial charge on any atom is -0.350 e. The Balaban J connectivity index is 1.75. The Labute approximate surface area is 181 Å². The van der Waals surface area contributed by atoms with E-state index in [9.17, 15) is 9.59 Å². The normalized spacial score (nSPS) is 17.9. The van der Waals surface area contributed by atoms with E-state index < -0.39 is 5.66 Å². The van der Waals surface area contributed by atoms with E-state index in [2.05, 4.69) is 15.7 Å². The predicted molar refractivity (Wildman–Crippen MR) is 123 cm³/mol. The molecule has 6 nitrogen and oxygen atoms in total. The van der Waals surface area contributed by atoms with E-state index in [0.29, 0.717) is 29.9 Å². The maximum atomic E-state index is 13.7. The molecule has 0 spiro atoms. The van der Waals surface area contributed by atoms with Crippen LogP contribution in [0.2, 0.25) is 0 Å². The Morgan fingerprint density at radius 2 is 1.45 bits per heavy atom. The molecule has 0 radical (unpaired) electrons. The third-order valence-corrected chi connectivity index (χ3v) is 5.13. The van der Waals surface area contributed by atoms with Crippen molar-refractivity contribution in [1.29, 1.82) is 0 Å². The maximum absolute atomic E-state index is 13.7. The molecule has 2 N–H and O–H groups in total. The van der Waals surface area contributed by atoms with Gasteiger partial charge in [0.1, 0.15) is 0 Å². The second-order valence-corrected chi connectivity index (χ2v) is 7.41. The molecule has 0 aromatic heterocycles. The van der Waals surface area contributed by atoms with Gasteiger partial charge in [0.2, 0.25) is 11.6 Å². The lowest BCUT2D eigenvalue weighted by Crippen LogP contribution is -2.64. The van der Waals surface area contributed by atoms with Gasteiger partial charge in [0.15, 0.2) is 0 Å². The molecule has 0 saturated heterocycles. The molecular weight excluding hydrogens is 388 g/mol. The number of hydrazone groups is 1. The zero-order valence-electron chi connectivity index (χ0n) is 17.3. The Morgan fingerprint density at radius 1 is 0.871 bits per heavy atom. The van der Waals surface area contributed by atoms with E-state index in [0.717, 1.165) is 5.56 Å². The molecule has 3 aromatic carbocycles. The van der Waals surface area contributed by atoms with E-state index in [1.807, 2.05) is 91.0 Å². The fourth-order valence-electron chi connectivity index (χ4n) is 3.70. The second kappa shape index (κ2) is 8.83. The Kier molecular flexibility index (Phi) is 5.80. The van der Waals surface area contributed by atoms with Crippen molar-refractivity contribution >= 4 is 28.9 Å². The van der Waals surface area contributed by atoms with Crippen LogP contribution in [0.3, 0.4) is 0 Å². The van der Waals surface area contributed by atoms with Crippen LogP contribution in [0.25, 0.3) is 0 Å². The number of carbonyl (C=O) groups excluding carboxylic acids is 2. The lowest BCUT2D eigenvalue weighted by atomic mass is 9.96. The molecule has 1 unspecified atom stereocenters. The Hall–Kier alpha value is -3.93. The summed E-state index contributed by atoms with van der Waals surface area (Å²) in [4.78, 5) is 26.0. The van der Waals surface area contributed by atoms with Gasteiger partial charge >= 0.3 is 0 Å². The molecule has 1 aliphatic rings. The van der Waals surface area contributed by atoms with E-state index >= 15 is 0 Å². The number of anilines is 2. The van der Waals surface area contributed by atoms with E-state index in [4.69, 9.17) is 0 Å². The number of nitrogens with one attached hydrogen (secondary N) is 2. The number of amides is 2. The summed E-state index contributed by atoms with van der Waals surface area (Å²) in [6.07, 6.45) is 1.19. The van der Waals surface area contributed by atoms with Gasteiger partial charge in [0, 0.05) is 12.6 Å². The smallest absolute Gasteiger partial charge is 0.300 e. The summed E-state index contributed by atoms with van der Waals surface area (Å²) in [5.74, 6) is -0.667. The number of hydrogen-bond donors (Lipinski definition) is 2. The van der Waals surface area contributed by atoms with Gasteiger partial charge in [0.05, 0.1) is 11.4 Å². The summed E-state index contributed by atoms with van der Waals surface area (Å²) in [6, 6.07) is 28.6. The molecule has 6 heteroatoms. The first-order valence-electron chi connectivity index (χ1n) is 10.2. The van der Waals surface area contributed by atoms with Gasteiger partial charge in [-0.25, -0.2) is 0 Å². The molecule has 1 heterocycles. The minimum atomic E-state index is -1.46. The average Bonchev–Trinajstić information content (AvgIpc) is 3.05. The van der Waals surface area contributed by atoms with Crippen molar-refractivity contribution in [2.45, 2.75) is 25.4 Å². The maximum Gasteiger partial charge on any atom is 0.300 e. The highest BCUT2D eigenvalue weighted by Crippen LogP contribution is 2.30. The summed E-state index contributed by atoms with van der Waals surface area (Å²) in [6.45, 7) is 1.40. The molecule has 0 fully saturated rings. The monoisotopic (exact) mass is 412 g/mol. The highest BCUT2D eigenvalue weighted by Gasteiger charge is 2.52. The molecule has 2 amide bonds. The standard InChI is InChI=1S/C25H24N4O2/c1-19(30)26-25(27-21-13-7-3-8-14-21)23(18-17-20-11-5-2-6-12-20)28-29(24(25)31)22-15-9-4-10-16-22/h2-16,27H,17-18H2,1H3,(H,26,30). The predicted octanol–water partition coefficient (Wildman–Crippen LogP) is 3.97. The summed E-state index contributed by atoms with van der Waals surface area (Å²) < 4.78 is 0. The lowest BCUT2D eigenvalue weighted by Gasteiger charge is -2.32. The molecule has 0 saturated carbocycles. The van der Waals surface area contributed by atoms with Crippen molar-refractivity contribution in [2.75, 3.05) is 10.3 Å². The summed E-state index contributed by atoms with van der Waals surface area (Å²) in [7, 11) is 0. The summed E-state index contributed by atoms with van der Waals surface area (Å²) >= 11 is 0. The third kappa shape index (κ3) is 4.33. The van der Waals surface area contributed by atoms with Crippen LogP contribution in [-0.2, 0) is 16.0 Å². The van der Waals surface area contributed by atoms with Gasteiger partial charge in [-0.2, -0.15) is 10.1 Å². The number of nitrogens with zero attached hydrogens (tertiary/aromatic N) is 2. The van der Waals surface area contributed by atoms with Crippen molar-refractivity contribution in [3.63, 3.8) is 0 Å². The van der Waals surface area contributed by atoms with Crippen molar-refractivity contribution in [3.05, 3.63) is 96.6 Å². The topological polar surface area (TPSA) is 73.8 Å². The number of para-hydroxylation sites is 2. The van der Waals surface area contributed by atoms with Gasteiger partial charge in [-0.1, -0.05) is 66.7 Å². The number of carbonyl (C=O) groups is 2. The van der Waals surface area contributed by atoms with E-state index in [1.54, 1.807) is 0 Å². The van der Waals surface area contributed by atoms with Crippen LogP contribution < -0.4 is 15.6 Å². The first-order valence-corrected chi connectivity index (χ1v) is 10.2. The zero-order chi connectivity index (χ0) is 21.7. The zero-order valence-corrected chi connectivity index (χ0v) is 17.3. The molecule has 156 valence electrons. The van der Waals surface area contributed by atoms with Crippen molar-refractivity contribution in [1.82, 2.24) is 5.32 Å². The van der Waals surface area contributed by atoms with Crippen LogP contribution in [0.5, 0.6) is 0 Å². The van der Waals surface area contributed by atoms with Gasteiger partial charge in [-0.3, -0.25) is 9.59 Å². The fourth-order valence-corrected chi connectivity index (χ4v) is 3.70. The van der Waals surface area contributed by atoms with Crippen molar-refractivity contribution in [3.8, 4) is 0 Å². The molecule has 0 bridgehead atoms. The van der Waals surface area contributed by atoms with Gasteiger partial charge < -0.3 is 10.6 Å².